The molecule has 0 aliphatic rings. The average molecular weight is 252 g/mol. The molecule has 1 aromatic heterocycles. The Morgan fingerprint density at radius 2 is 2.17 bits per heavy atom. The number of rotatable bonds is 5. The molecule has 1 amide bonds. The first-order valence-electron chi connectivity index (χ1n) is 5.78. The molecule has 1 rings (SSSR count). The van der Waals surface area contributed by atoms with Crippen molar-refractivity contribution >= 4 is 11.7 Å². The second-order valence-corrected chi connectivity index (χ2v) is 4.45. The molecule has 6 heteroatoms. The Morgan fingerprint density at radius 3 is 2.67 bits per heavy atom. The van der Waals surface area contributed by atoms with Crippen molar-refractivity contribution in [2.24, 2.45) is 11.5 Å². The van der Waals surface area contributed by atoms with E-state index >= 15 is 0 Å². The van der Waals surface area contributed by atoms with Crippen molar-refractivity contribution in [3.05, 3.63) is 22.9 Å². The fraction of sp³-hybridized carbons (Fsp3) is 0.500. The highest BCUT2D eigenvalue weighted by Gasteiger charge is 2.15. The fourth-order valence-corrected chi connectivity index (χ4v) is 1.66. The summed E-state index contributed by atoms with van der Waals surface area (Å²) in [5.41, 5.74) is 13.0. The topological polar surface area (TPSA) is 114 Å². The minimum Gasteiger partial charge on any atom is -0.392 e. The second-order valence-electron chi connectivity index (χ2n) is 4.45. The molecule has 0 aromatic carbocycles. The summed E-state index contributed by atoms with van der Waals surface area (Å²) in [7, 11) is 0. The summed E-state index contributed by atoms with van der Waals surface area (Å²) in [6, 6.07) is 1.35. The van der Waals surface area contributed by atoms with E-state index in [9.17, 15) is 9.90 Å². The summed E-state index contributed by atoms with van der Waals surface area (Å²) in [4.78, 5) is 15.6. The van der Waals surface area contributed by atoms with Gasteiger partial charge in [0.05, 0.1) is 11.7 Å². The molecule has 2 atom stereocenters. The van der Waals surface area contributed by atoms with Crippen molar-refractivity contribution in [2.75, 3.05) is 11.9 Å². The lowest BCUT2D eigenvalue weighted by Gasteiger charge is -2.18. The predicted molar refractivity (Wildman–Crippen MR) is 70.4 cm³/mol. The van der Waals surface area contributed by atoms with Crippen LogP contribution in [-0.2, 0) is 0 Å². The normalized spacial score (nSPS) is 14.1. The van der Waals surface area contributed by atoms with E-state index in [4.69, 9.17) is 11.5 Å². The van der Waals surface area contributed by atoms with Crippen LogP contribution in [0, 0.1) is 13.8 Å². The molecule has 0 saturated heterocycles. The molecule has 0 saturated carbocycles. The molecule has 0 bridgehead atoms. The predicted octanol–water partition coefficient (Wildman–Crippen LogP) is -0.0827. The van der Waals surface area contributed by atoms with Crippen molar-refractivity contribution < 1.29 is 9.90 Å². The summed E-state index contributed by atoms with van der Waals surface area (Å²) in [5.74, 6) is -0.121. The van der Waals surface area contributed by atoms with Gasteiger partial charge in [0.1, 0.15) is 5.82 Å². The summed E-state index contributed by atoms with van der Waals surface area (Å²) in [6.07, 6.45) is -0.638. The molecule has 6 nitrogen and oxygen atoms in total. The second kappa shape index (κ2) is 5.79. The Hall–Kier alpha value is -1.66. The zero-order chi connectivity index (χ0) is 13.9. The van der Waals surface area contributed by atoms with E-state index < -0.39 is 18.1 Å². The number of pyridine rings is 1. The maximum Gasteiger partial charge on any atom is 0.252 e. The number of aliphatic hydroxyl groups is 1. The van der Waals surface area contributed by atoms with Crippen LogP contribution in [0.4, 0.5) is 5.82 Å². The highest BCUT2D eigenvalue weighted by molar-refractivity contribution is 5.99. The van der Waals surface area contributed by atoms with Crippen LogP contribution in [0.2, 0.25) is 0 Å². The first-order valence-corrected chi connectivity index (χ1v) is 5.78. The number of nitrogens with one attached hydrogen (secondary N) is 1. The number of aliphatic hydroxyl groups excluding tert-OH is 1. The van der Waals surface area contributed by atoms with E-state index in [0.29, 0.717) is 17.9 Å². The van der Waals surface area contributed by atoms with Gasteiger partial charge in [0, 0.05) is 18.3 Å². The maximum absolute atomic E-state index is 11.4. The molecular weight excluding hydrogens is 232 g/mol. The molecule has 6 N–H and O–H groups in total. The number of primary amides is 1. The minimum absolute atomic E-state index is 0.313. The smallest absolute Gasteiger partial charge is 0.252 e. The first kappa shape index (κ1) is 14.4. The summed E-state index contributed by atoms with van der Waals surface area (Å²) in [5, 5.41) is 12.3. The van der Waals surface area contributed by atoms with Gasteiger partial charge in [-0.25, -0.2) is 4.98 Å². The number of nitrogens with zero attached hydrogens (tertiary/aromatic N) is 1. The van der Waals surface area contributed by atoms with Gasteiger partial charge in [-0.1, -0.05) is 0 Å². The lowest BCUT2D eigenvalue weighted by molar-refractivity contribution is 0.1000. The molecule has 100 valence electrons. The SMILES string of the molecule is Cc1cc(C)c(C(N)=O)c(NCC(N)C(C)O)n1. The van der Waals surface area contributed by atoms with Gasteiger partial charge in [0.2, 0.25) is 0 Å². The molecule has 2 unspecified atom stereocenters. The number of carbonyl (C=O) groups excluding carboxylic acids is 1. The van der Waals surface area contributed by atoms with Gasteiger partial charge < -0.3 is 21.9 Å². The van der Waals surface area contributed by atoms with Crippen molar-refractivity contribution in [3.63, 3.8) is 0 Å². The number of aryl methyl sites for hydroxylation is 2. The Morgan fingerprint density at radius 1 is 1.56 bits per heavy atom. The van der Waals surface area contributed by atoms with E-state index in [2.05, 4.69) is 10.3 Å². The van der Waals surface area contributed by atoms with Gasteiger partial charge in [-0.15, -0.1) is 0 Å². The van der Waals surface area contributed by atoms with Crippen molar-refractivity contribution in [1.82, 2.24) is 4.98 Å². The highest BCUT2D eigenvalue weighted by Crippen LogP contribution is 2.18. The third-order valence-electron chi connectivity index (χ3n) is 2.72. The number of amides is 1. The number of hydrogen-bond acceptors (Lipinski definition) is 5. The van der Waals surface area contributed by atoms with E-state index in [1.165, 1.54) is 0 Å². The summed E-state index contributed by atoms with van der Waals surface area (Å²) < 4.78 is 0. The van der Waals surface area contributed by atoms with Crippen LogP contribution in [0.15, 0.2) is 6.07 Å². The quantitative estimate of drug-likeness (QED) is 0.585. The fourth-order valence-electron chi connectivity index (χ4n) is 1.66. The van der Waals surface area contributed by atoms with Crippen LogP contribution in [0.1, 0.15) is 28.5 Å². The molecule has 0 spiro atoms. The molecule has 1 aromatic rings. The number of anilines is 1. The van der Waals surface area contributed by atoms with Crippen LogP contribution in [0.25, 0.3) is 0 Å². The molecule has 0 fully saturated rings. The van der Waals surface area contributed by atoms with E-state index in [-0.39, 0.29) is 0 Å². The average Bonchev–Trinajstić information content (AvgIpc) is 2.23. The maximum atomic E-state index is 11.4. The van der Waals surface area contributed by atoms with Crippen LogP contribution >= 0.6 is 0 Å². The van der Waals surface area contributed by atoms with Crippen LogP contribution in [0.3, 0.4) is 0 Å². The minimum atomic E-state index is -0.638. The monoisotopic (exact) mass is 252 g/mol. The Labute approximate surface area is 106 Å². The molecule has 1 heterocycles. The lowest BCUT2D eigenvalue weighted by atomic mass is 10.1. The largest absolute Gasteiger partial charge is 0.392 e. The first-order chi connectivity index (χ1) is 8.32. The van der Waals surface area contributed by atoms with Crippen LogP contribution < -0.4 is 16.8 Å². The Balaban J connectivity index is 2.97. The molecule has 0 aliphatic carbocycles. The molecule has 0 aliphatic heterocycles. The zero-order valence-electron chi connectivity index (χ0n) is 10.9. The zero-order valence-corrected chi connectivity index (χ0v) is 10.9. The standard InChI is InChI=1S/C12H20N4O2/c1-6-4-7(2)16-12(10(6)11(14)18)15-5-9(13)8(3)17/h4,8-9,17H,5,13H2,1-3H3,(H2,14,18)(H,15,16). The van der Waals surface area contributed by atoms with Crippen LogP contribution in [-0.4, -0.2) is 34.7 Å². The lowest BCUT2D eigenvalue weighted by Crippen LogP contribution is -2.39. The third-order valence-corrected chi connectivity index (χ3v) is 2.72. The summed E-state index contributed by atoms with van der Waals surface area (Å²) >= 11 is 0. The Kier molecular flexibility index (Phi) is 4.63. The number of aromatic nitrogens is 1. The van der Waals surface area contributed by atoms with Crippen molar-refractivity contribution in [1.29, 1.82) is 0 Å². The van der Waals surface area contributed by atoms with E-state index in [1.54, 1.807) is 19.9 Å². The van der Waals surface area contributed by atoms with E-state index in [1.807, 2.05) is 6.92 Å². The third kappa shape index (κ3) is 3.41. The molecule has 0 radical (unpaired) electrons. The highest BCUT2D eigenvalue weighted by atomic mass is 16.3. The Bertz CT molecular complexity index is 446. The summed E-state index contributed by atoms with van der Waals surface area (Å²) in [6.45, 7) is 5.55. The van der Waals surface area contributed by atoms with Gasteiger partial charge >= 0.3 is 0 Å². The van der Waals surface area contributed by atoms with E-state index in [0.717, 1.165) is 11.3 Å². The van der Waals surface area contributed by atoms with Gasteiger partial charge in [-0.3, -0.25) is 4.79 Å². The van der Waals surface area contributed by atoms with Crippen LogP contribution in [0.5, 0.6) is 0 Å². The molecule has 18 heavy (non-hydrogen) atoms. The van der Waals surface area contributed by atoms with Crippen molar-refractivity contribution in [2.45, 2.75) is 32.9 Å². The van der Waals surface area contributed by atoms with Gasteiger partial charge in [-0.2, -0.15) is 0 Å². The van der Waals surface area contributed by atoms with Gasteiger partial charge in [-0.05, 0) is 32.4 Å². The van der Waals surface area contributed by atoms with Gasteiger partial charge in [0.25, 0.3) is 5.91 Å². The number of hydrogen-bond donors (Lipinski definition) is 4. The van der Waals surface area contributed by atoms with Gasteiger partial charge in [0.15, 0.2) is 0 Å². The van der Waals surface area contributed by atoms with Crippen molar-refractivity contribution in [3.8, 4) is 0 Å². The number of nitrogens with two attached hydrogens (primary N) is 2. The number of carbonyl (C=O) groups is 1. The molecular formula is C12H20N4O2.